The molecule has 1 amide bonds. The van der Waals surface area contributed by atoms with Crippen LogP contribution >= 0.6 is 7.82 Å². The monoisotopic (exact) mass is 916 g/mol. The van der Waals surface area contributed by atoms with Crippen molar-refractivity contribution < 1.29 is 32.9 Å². The molecule has 0 aromatic heterocycles. The summed E-state index contributed by atoms with van der Waals surface area (Å²) in [6, 6.07) is -0.767. The molecule has 0 aromatic carbocycles. The minimum atomic E-state index is -4.32. The van der Waals surface area contributed by atoms with E-state index in [0.29, 0.717) is 23.9 Å². The van der Waals surface area contributed by atoms with Crippen molar-refractivity contribution in [1.82, 2.24) is 5.32 Å². The van der Waals surface area contributed by atoms with Gasteiger partial charge in [-0.25, -0.2) is 4.57 Å². The highest BCUT2D eigenvalue weighted by atomic mass is 31.2. The smallest absolute Gasteiger partial charge is 0.391 e. The SMILES string of the molecule is CC/C=C\C/C=C\C/C=C\C/C=C\C/C=C\C/C=C\C/C=C\CCCCCCCCCCCC(=O)NC(COP(=O)(O)OCC[N+](C)(C)C)C(O)CCCCCCCCCCCCC. The number of aliphatic hydroxyl groups is 1. The minimum absolute atomic E-state index is 0.0695. The van der Waals surface area contributed by atoms with Crippen LogP contribution in [0.3, 0.4) is 0 Å². The molecule has 64 heavy (non-hydrogen) atoms. The Bertz CT molecular complexity index is 1310. The lowest BCUT2D eigenvalue weighted by atomic mass is 10.0. The van der Waals surface area contributed by atoms with E-state index in [-0.39, 0.29) is 19.1 Å². The molecule has 0 aliphatic heterocycles. The van der Waals surface area contributed by atoms with E-state index in [1.807, 2.05) is 21.1 Å². The van der Waals surface area contributed by atoms with E-state index < -0.39 is 20.0 Å². The van der Waals surface area contributed by atoms with Crippen molar-refractivity contribution in [3.05, 3.63) is 85.1 Å². The topological polar surface area (TPSA) is 105 Å². The first-order valence-corrected chi connectivity index (χ1v) is 27.4. The van der Waals surface area contributed by atoms with Gasteiger partial charge in [-0.1, -0.05) is 214 Å². The summed E-state index contributed by atoms with van der Waals surface area (Å²) < 4.78 is 23.6. The normalized spacial score (nSPS) is 14.8. The van der Waals surface area contributed by atoms with Crippen LogP contribution in [0.1, 0.15) is 206 Å². The highest BCUT2D eigenvalue weighted by Crippen LogP contribution is 2.43. The first-order valence-electron chi connectivity index (χ1n) is 26.0. The Labute approximate surface area is 395 Å². The molecule has 3 N–H and O–H groups in total. The van der Waals surface area contributed by atoms with E-state index in [9.17, 15) is 19.4 Å². The molecule has 0 aliphatic carbocycles. The number of hydrogen-bond donors (Lipinski definition) is 3. The van der Waals surface area contributed by atoms with Crippen molar-refractivity contribution >= 4 is 13.7 Å². The molecule has 0 saturated heterocycles. The molecular weight excluding hydrogens is 816 g/mol. The Balaban J connectivity index is 4.15. The fourth-order valence-corrected chi connectivity index (χ4v) is 7.82. The van der Waals surface area contributed by atoms with E-state index in [1.165, 1.54) is 89.9 Å². The second-order valence-electron chi connectivity index (χ2n) is 18.5. The Kier molecular flexibility index (Phi) is 44.2. The maximum atomic E-state index is 12.9. The number of aliphatic hydroxyl groups excluding tert-OH is 1. The zero-order valence-electron chi connectivity index (χ0n) is 42.0. The lowest BCUT2D eigenvalue weighted by Crippen LogP contribution is -2.46. The van der Waals surface area contributed by atoms with Gasteiger partial charge in [0.1, 0.15) is 13.2 Å². The van der Waals surface area contributed by atoms with E-state index in [4.69, 9.17) is 9.05 Å². The molecule has 0 spiro atoms. The van der Waals surface area contributed by atoms with Crippen LogP contribution in [0.2, 0.25) is 0 Å². The molecule has 0 heterocycles. The molecule has 0 saturated carbocycles. The fourth-order valence-electron chi connectivity index (χ4n) is 7.08. The lowest BCUT2D eigenvalue weighted by Gasteiger charge is -2.26. The minimum Gasteiger partial charge on any atom is -0.391 e. The van der Waals surface area contributed by atoms with Gasteiger partial charge in [0.05, 0.1) is 39.9 Å². The summed E-state index contributed by atoms with van der Waals surface area (Å²) in [5.41, 5.74) is 0. The number of carbonyl (C=O) groups is 1. The van der Waals surface area contributed by atoms with Crippen molar-refractivity contribution in [2.24, 2.45) is 0 Å². The largest absolute Gasteiger partial charge is 0.472 e. The first kappa shape index (κ1) is 61.7. The maximum Gasteiger partial charge on any atom is 0.472 e. The van der Waals surface area contributed by atoms with Crippen LogP contribution in [0.15, 0.2) is 85.1 Å². The van der Waals surface area contributed by atoms with Gasteiger partial charge in [-0.15, -0.1) is 0 Å². The number of phosphoric ester groups is 1. The molecule has 0 bridgehead atoms. The van der Waals surface area contributed by atoms with Gasteiger partial charge in [-0.2, -0.15) is 0 Å². The van der Waals surface area contributed by atoms with Crippen molar-refractivity contribution in [1.29, 1.82) is 0 Å². The van der Waals surface area contributed by atoms with Gasteiger partial charge in [0.2, 0.25) is 5.91 Å². The number of hydrogen-bond acceptors (Lipinski definition) is 5. The molecular formula is C55H100N2O6P+. The van der Waals surface area contributed by atoms with Crippen LogP contribution in [0.5, 0.6) is 0 Å². The third-order valence-electron chi connectivity index (χ3n) is 11.2. The van der Waals surface area contributed by atoms with Crippen LogP contribution in [0.4, 0.5) is 0 Å². The number of nitrogens with zero attached hydrogens (tertiary/aromatic N) is 1. The maximum absolute atomic E-state index is 12.9. The zero-order valence-corrected chi connectivity index (χ0v) is 42.9. The number of amides is 1. The highest BCUT2D eigenvalue weighted by Gasteiger charge is 2.28. The van der Waals surface area contributed by atoms with Crippen LogP contribution in [0.25, 0.3) is 0 Å². The quantitative estimate of drug-likeness (QED) is 0.0243. The van der Waals surface area contributed by atoms with Gasteiger partial charge in [-0.05, 0) is 70.6 Å². The van der Waals surface area contributed by atoms with E-state index in [2.05, 4.69) is 104 Å². The van der Waals surface area contributed by atoms with Gasteiger partial charge < -0.3 is 19.8 Å². The van der Waals surface area contributed by atoms with Gasteiger partial charge in [0, 0.05) is 6.42 Å². The number of carbonyl (C=O) groups excluding carboxylic acids is 1. The summed E-state index contributed by atoms with van der Waals surface area (Å²) in [7, 11) is 1.60. The Morgan fingerprint density at radius 2 is 0.938 bits per heavy atom. The Morgan fingerprint density at radius 3 is 1.38 bits per heavy atom. The van der Waals surface area contributed by atoms with Crippen molar-refractivity contribution in [3.63, 3.8) is 0 Å². The fraction of sp³-hybridized carbons (Fsp3) is 0.727. The average Bonchev–Trinajstić information content (AvgIpc) is 3.25. The molecule has 3 unspecified atom stereocenters. The molecule has 3 atom stereocenters. The van der Waals surface area contributed by atoms with Gasteiger partial charge in [0.15, 0.2) is 0 Å². The molecule has 0 aliphatic rings. The molecule has 370 valence electrons. The van der Waals surface area contributed by atoms with Gasteiger partial charge >= 0.3 is 7.82 Å². The molecule has 0 radical (unpaired) electrons. The summed E-state index contributed by atoms with van der Waals surface area (Å²) >= 11 is 0. The molecule has 0 rings (SSSR count). The molecule has 0 aromatic rings. The summed E-state index contributed by atoms with van der Waals surface area (Å²) in [4.78, 5) is 23.2. The third-order valence-corrected chi connectivity index (χ3v) is 12.1. The van der Waals surface area contributed by atoms with Crippen molar-refractivity contribution in [2.45, 2.75) is 219 Å². The molecule has 0 fully saturated rings. The number of likely N-dealkylation sites (N-methyl/N-ethyl adjacent to an activating group) is 1. The average molecular weight is 916 g/mol. The number of unbranched alkanes of at least 4 members (excludes halogenated alkanes) is 19. The Morgan fingerprint density at radius 1 is 0.547 bits per heavy atom. The number of rotatable bonds is 46. The van der Waals surface area contributed by atoms with E-state index in [0.717, 1.165) is 89.9 Å². The van der Waals surface area contributed by atoms with Crippen molar-refractivity contribution in [2.75, 3.05) is 40.9 Å². The standard InChI is InChI=1S/C55H99N2O6P/c1-6-8-10-12-14-16-18-19-20-21-22-23-24-25-26-27-28-29-30-31-32-33-34-35-36-37-39-41-43-45-47-49-55(59)56-53(52-63-64(60,61)62-51-50-57(3,4)5)54(58)48-46-44-42-40-38-17-15-13-11-9-7-2/h8,10,14,16,19-20,22-23,25-26,28-29,31-32,53-54,58H,6-7,9,11-13,15,17-18,21,24,27,30,33-52H2,1-5H3,(H-,56,59,60,61)/p+1/b10-8-,16-14-,20-19-,23-22-,26-25-,29-28-,32-31-. The first-order chi connectivity index (χ1) is 31.0. The van der Waals surface area contributed by atoms with E-state index in [1.54, 1.807) is 0 Å². The number of quaternary nitrogens is 1. The number of phosphoric acid groups is 1. The van der Waals surface area contributed by atoms with Crippen LogP contribution in [-0.4, -0.2) is 73.4 Å². The molecule has 9 heteroatoms. The summed E-state index contributed by atoms with van der Waals surface area (Å²) in [6.45, 7) is 4.75. The molecule has 8 nitrogen and oxygen atoms in total. The summed E-state index contributed by atoms with van der Waals surface area (Å²) in [6.07, 6.45) is 63.4. The number of nitrogens with one attached hydrogen (secondary N) is 1. The predicted octanol–water partition coefficient (Wildman–Crippen LogP) is 15.3. The Hall–Kier alpha value is -2.32. The van der Waals surface area contributed by atoms with Crippen molar-refractivity contribution in [3.8, 4) is 0 Å². The third kappa shape index (κ3) is 47.6. The van der Waals surface area contributed by atoms with Gasteiger partial charge in [-0.3, -0.25) is 13.8 Å². The number of allylic oxidation sites excluding steroid dienone is 14. The van der Waals surface area contributed by atoms with Crippen LogP contribution < -0.4 is 5.32 Å². The summed E-state index contributed by atoms with van der Waals surface area (Å²) in [5.74, 6) is -0.156. The summed E-state index contributed by atoms with van der Waals surface area (Å²) in [5, 5.41) is 14.0. The van der Waals surface area contributed by atoms with E-state index >= 15 is 0 Å². The van der Waals surface area contributed by atoms with Crippen LogP contribution in [0, 0.1) is 0 Å². The second kappa shape index (κ2) is 45.8. The lowest BCUT2D eigenvalue weighted by molar-refractivity contribution is -0.870. The predicted molar refractivity (Wildman–Crippen MR) is 276 cm³/mol. The second-order valence-corrected chi connectivity index (χ2v) is 20.0. The van der Waals surface area contributed by atoms with Gasteiger partial charge in [0.25, 0.3) is 0 Å². The highest BCUT2D eigenvalue weighted by molar-refractivity contribution is 7.47. The van der Waals surface area contributed by atoms with Crippen LogP contribution in [-0.2, 0) is 18.4 Å². The zero-order chi connectivity index (χ0) is 47.1.